The minimum atomic E-state index is 0.167. The van der Waals surface area contributed by atoms with Crippen molar-refractivity contribution in [1.82, 2.24) is 9.80 Å². The van der Waals surface area contributed by atoms with Gasteiger partial charge in [0.15, 0.2) is 0 Å². The molecule has 1 aromatic carbocycles. The molecule has 1 fully saturated rings. The molecule has 1 heterocycles. The number of carbonyl (C=O) groups is 1. The highest BCUT2D eigenvalue weighted by atomic mass is 16.2. The standard InChI is InChI=1S/C19H24N2O/c22-19(18-9-5-2-6-10-18)21-15-13-20(14-16-21)12-11-17-7-3-1-4-8-17/h1-7,9-10,17H,8,11-16H2. The van der Waals surface area contributed by atoms with Crippen LogP contribution in [0.2, 0.25) is 0 Å². The Morgan fingerprint density at radius 3 is 2.50 bits per heavy atom. The van der Waals surface area contributed by atoms with Crippen molar-refractivity contribution >= 4 is 5.91 Å². The first-order valence-corrected chi connectivity index (χ1v) is 8.23. The van der Waals surface area contributed by atoms with Crippen molar-refractivity contribution in [3.05, 3.63) is 60.2 Å². The number of hydrogen-bond acceptors (Lipinski definition) is 2. The summed E-state index contributed by atoms with van der Waals surface area (Å²) in [5, 5.41) is 0. The molecule has 22 heavy (non-hydrogen) atoms. The summed E-state index contributed by atoms with van der Waals surface area (Å²) in [6, 6.07) is 9.60. The molecule has 116 valence electrons. The van der Waals surface area contributed by atoms with E-state index >= 15 is 0 Å². The molecule has 1 aliphatic heterocycles. The maximum Gasteiger partial charge on any atom is 0.253 e. The third-order valence-corrected chi connectivity index (χ3v) is 4.57. The van der Waals surface area contributed by atoms with Crippen molar-refractivity contribution in [2.24, 2.45) is 5.92 Å². The topological polar surface area (TPSA) is 23.6 Å². The fourth-order valence-corrected chi connectivity index (χ4v) is 3.13. The smallest absolute Gasteiger partial charge is 0.253 e. The molecule has 0 saturated carbocycles. The van der Waals surface area contributed by atoms with Gasteiger partial charge in [-0.05, 0) is 37.4 Å². The van der Waals surface area contributed by atoms with Crippen LogP contribution in [0.3, 0.4) is 0 Å². The molecule has 1 saturated heterocycles. The average molecular weight is 296 g/mol. The Morgan fingerprint density at radius 2 is 1.82 bits per heavy atom. The molecule has 0 aromatic heterocycles. The quantitative estimate of drug-likeness (QED) is 0.853. The van der Waals surface area contributed by atoms with E-state index in [4.69, 9.17) is 0 Å². The highest BCUT2D eigenvalue weighted by Crippen LogP contribution is 2.17. The number of allylic oxidation sites excluding steroid dienone is 4. The Balaban J connectivity index is 1.43. The van der Waals surface area contributed by atoms with E-state index in [9.17, 15) is 4.79 Å². The van der Waals surface area contributed by atoms with Gasteiger partial charge in [-0.25, -0.2) is 0 Å². The summed E-state index contributed by atoms with van der Waals surface area (Å²) in [5.41, 5.74) is 0.801. The Bertz CT molecular complexity index is 542. The van der Waals surface area contributed by atoms with Gasteiger partial charge in [0, 0.05) is 31.7 Å². The van der Waals surface area contributed by atoms with Gasteiger partial charge >= 0.3 is 0 Å². The monoisotopic (exact) mass is 296 g/mol. The fourth-order valence-electron chi connectivity index (χ4n) is 3.13. The van der Waals surface area contributed by atoms with Gasteiger partial charge in [-0.2, -0.15) is 0 Å². The lowest BCUT2D eigenvalue weighted by Gasteiger charge is -2.35. The Kier molecular flexibility index (Phi) is 5.07. The second-order valence-corrected chi connectivity index (χ2v) is 6.10. The van der Waals surface area contributed by atoms with Crippen molar-refractivity contribution in [3.63, 3.8) is 0 Å². The van der Waals surface area contributed by atoms with E-state index in [1.165, 1.54) is 12.8 Å². The zero-order chi connectivity index (χ0) is 15.2. The van der Waals surface area contributed by atoms with Crippen molar-refractivity contribution in [3.8, 4) is 0 Å². The maximum absolute atomic E-state index is 12.4. The predicted molar refractivity (Wildman–Crippen MR) is 89.8 cm³/mol. The van der Waals surface area contributed by atoms with Crippen LogP contribution in [0, 0.1) is 5.92 Å². The van der Waals surface area contributed by atoms with Gasteiger partial charge in [-0.3, -0.25) is 9.69 Å². The number of rotatable bonds is 4. The fraction of sp³-hybridized carbons (Fsp3) is 0.421. The van der Waals surface area contributed by atoms with Crippen LogP contribution in [0.5, 0.6) is 0 Å². The van der Waals surface area contributed by atoms with Crippen molar-refractivity contribution < 1.29 is 4.79 Å². The summed E-state index contributed by atoms with van der Waals surface area (Å²) in [7, 11) is 0. The molecule has 1 amide bonds. The normalized spacial score (nSPS) is 22.0. The molecular formula is C19H24N2O. The Hall–Kier alpha value is -1.87. The average Bonchev–Trinajstić information content (AvgIpc) is 2.61. The maximum atomic E-state index is 12.4. The first-order valence-electron chi connectivity index (χ1n) is 8.23. The zero-order valence-corrected chi connectivity index (χ0v) is 13.0. The van der Waals surface area contributed by atoms with Crippen molar-refractivity contribution in [2.75, 3.05) is 32.7 Å². The Labute approximate surface area is 132 Å². The summed E-state index contributed by atoms with van der Waals surface area (Å²) in [6.07, 6.45) is 11.2. The number of benzene rings is 1. The second-order valence-electron chi connectivity index (χ2n) is 6.10. The van der Waals surface area contributed by atoms with E-state index in [1.807, 2.05) is 35.2 Å². The number of piperazine rings is 1. The third-order valence-electron chi connectivity index (χ3n) is 4.57. The van der Waals surface area contributed by atoms with Crippen LogP contribution in [-0.4, -0.2) is 48.4 Å². The molecule has 1 aromatic rings. The lowest BCUT2D eigenvalue weighted by Crippen LogP contribution is -2.49. The third kappa shape index (κ3) is 3.86. The minimum absolute atomic E-state index is 0.167. The van der Waals surface area contributed by atoms with Crippen molar-refractivity contribution in [2.45, 2.75) is 12.8 Å². The summed E-state index contributed by atoms with van der Waals surface area (Å²) in [6.45, 7) is 4.80. The SMILES string of the molecule is O=C(c1ccccc1)N1CCN(CCC2C=CC=CC2)CC1. The summed E-state index contributed by atoms with van der Waals surface area (Å²) in [5.74, 6) is 0.856. The van der Waals surface area contributed by atoms with E-state index in [0.29, 0.717) is 5.92 Å². The predicted octanol–water partition coefficient (Wildman–Crippen LogP) is 2.97. The number of nitrogens with zero attached hydrogens (tertiary/aromatic N) is 2. The number of amides is 1. The van der Waals surface area contributed by atoms with Crippen LogP contribution in [-0.2, 0) is 0 Å². The van der Waals surface area contributed by atoms with Gasteiger partial charge < -0.3 is 4.90 Å². The highest BCUT2D eigenvalue weighted by molar-refractivity contribution is 5.94. The molecule has 0 bridgehead atoms. The van der Waals surface area contributed by atoms with Gasteiger partial charge in [0.25, 0.3) is 5.91 Å². The molecule has 3 nitrogen and oxygen atoms in total. The van der Waals surface area contributed by atoms with Gasteiger partial charge in [-0.1, -0.05) is 42.5 Å². The van der Waals surface area contributed by atoms with Crippen LogP contribution in [0.25, 0.3) is 0 Å². The van der Waals surface area contributed by atoms with E-state index in [2.05, 4.69) is 29.2 Å². The van der Waals surface area contributed by atoms with E-state index in [0.717, 1.165) is 38.3 Å². The lowest BCUT2D eigenvalue weighted by atomic mass is 9.97. The Morgan fingerprint density at radius 1 is 1.05 bits per heavy atom. The molecule has 3 heteroatoms. The van der Waals surface area contributed by atoms with Gasteiger partial charge in [0.1, 0.15) is 0 Å². The molecule has 1 unspecified atom stereocenters. The molecule has 0 radical (unpaired) electrons. The first kappa shape index (κ1) is 15.0. The molecule has 2 aliphatic rings. The second kappa shape index (κ2) is 7.41. The summed E-state index contributed by atoms with van der Waals surface area (Å²) in [4.78, 5) is 16.9. The molecular weight excluding hydrogens is 272 g/mol. The molecule has 1 atom stereocenters. The van der Waals surface area contributed by atoms with Gasteiger partial charge in [0.2, 0.25) is 0 Å². The van der Waals surface area contributed by atoms with E-state index < -0.39 is 0 Å². The molecule has 3 rings (SSSR count). The van der Waals surface area contributed by atoms with Crippen molar-refractivity contribution in [1.29, 1.82) is 0 Å². The van der Waals surface area contributed by atoms with Crippen LogP contribution < -0.4 is 0 Å². The van der Waals surface area contributed by atoms with E-state index in [1.54, 1.807) is 0 Å². The van der Waals surface area contributed by atoms with Crippen LogP contribution in [0.15, 0.2) is 54.6 Å². The molecule has 1 aliphatic carbocycles. The van der Waals surface area contributed by atoms with Crippen LogP contribution in [0.1, 0.15) is 23.2 Å². The zero-order valence-electron chi connectivity index (χ0n) is 13.0. The molecule has 0 N–H and O–H groups in total. The van der Waals surface area contributed by atoms with Crippen LogP contribution in [0.4, 0.5) is 0 Å². The van der Waals surface area contributed by atoms with Gasteiger partial charge in [-0.15, -0.1) is 0 Å². The highest BCUT2D eigenvalue weighted by Gasteiger charge is 2.22. The number of hydrogen-bond donors (Lipinski definition) is 0. The van der Waals surface area contributed by atoms with Gasteiger partial charge in [0.05, 0.1) is 0 Å². The lowest BCUT2D eigenvalue weighted by molar-refractivity contribution is 0.0632. The summed E-state index contributed by atoms with van der Waals surface area (Å²) >= 11 is 0. The summed E-state index contributed by atoms with van der Waals surface area (Å²) < 4.78 is 0. The number of carbonyl (C=O) groups excluding carboxylic acids is 1. The van der Waals surface area contributed by atoms with Crippen LogP contribution >= 0.6 is 0 Å². The molecule has 0 spiro atoms. The van der Waals surface area contributed by atoms with E-state index in [-0.39, 0.29) is 5.91 Å². The largest absolute Gasteiger partial charge is 0.336 e. The minimum Gasteiger partial charge on any atom is -0.336 e. The first-order chi connectivity index (χ1) is 10.8.